The lowest BCUT2D eigenvalue weighted by molar-refractivity contribution is -0.129. The van der Waals surface area contributed by atoms with Crippen LogP contribution in [0.25, 0.3) is 11.1 Å². The lowest BCUT2D eigenvalue weighted by Crippen LogP contribution is -2.57. The molecule has 11 heteroatoms. The number of carbonyl (C=O) groups excluding carboxylic acids is 2. The van der Waals surface area contributed by atoms with Crippen LogP contribution < -0.4 is 10.6 Å². The maximum Gasteiger partial charge on any atom is 0.404 e. The Balaban J connectivity index is 1.33. The molecule has 0 saturated carbocycles. The number of hydrogen-bond acceptors (Lipinski definition) is 6. The average Bonchev–Trinajstić information content (AvgIpc) is 3.43. The van der Waals surface area contributed by atoms with Gasteiger partial charge >= 0.3 is 12.1 Å². The van der Waals surface area contributed by atoms with Crippen molar-refractivity contribution in [1.82, 2.24) is 30.4 Å². The second kappa shape index (κ2) is 16.6. The van der Waals surface area contributed by atoms with Crippen molar-refractivity contribution in [1.29, 1.82) is 0 Å². The molecule has 4 aromatic rings. The number of hydrogen-bond donors (Lipinski definition) is 4. The predicted octanol–water partition coefficient (Wildman–Crippen LogP) is 5.46. The van der Waals surface area contributed by atoms with Crippen LogP contribution >= 0.6 is 0 Å². The van der Waals surface area contributed by atoms with Crippen LogP contribution in [0.5, 0.6) is 0 Å². The largest absolute Gasteiger partial charge is 0.465 e. The summed E-state index contributed by atoms with van der Waals surface area (Å²) in [4.78, 5) is 51.9. The Morgan fingerprint density at radius 3 is 2.16 bits per heavy atom. The Kier molecular flexibility index (Phi) is 12.0. The molecule has 51 heavy (non-hydrogen) atoms. The number of urea groups is 1. The summed E-state index contributed by atoms with van der Waals surface area (Å²) in [5.41, 5.74) is 4.85. The molecule has 11 nitrogen and oxygen atoms in total. The van der Waals surface area contributed by atoms with E-state index in [1.807, 2.05) is 113 Å². The van der Waals surface area contributed by atoms with Crippen LogP contribution in [0.4, 0.5) is 9.59 Å². The van der Waals surface area contributed by atoms with Crippen molar-refractivity contribution in [3.05, 3.63) is 120 Å². The van der Waals surface area contributed by atoms with Crippen LogP contribution in [0.15, 0.2) is 97.3 Å². The number of pyridine rings is 2. The van der Waals surface area contributed by atoms with Gasteiger partial charge in [-0.05, 0) is 78.1 Å². The third-order valence-corrected chi connectivity index (χ3v) is 9.20. The van der Waals surface area contributed by atoms with Crippen LogP contribution in [-0.2, 0) is 24.2 Å². The molecule has 2 aromatic carbocycles. The van der Waals surface area contributed by atoms with Gasteiger partial charge in [-0.1, -0.05) is 81.4 Å². The van der Waals surface area contributed by atoms with Crippen molar-refractivity contribution in [2.75, 3.05) is 13.1 Å². The van der Waals surface area contributed by atoms with Gasteiger partial charge in [-0.15, -0.1) is 0 Å². The molecule has 1 saturated heterocycles. The molecule has 0 bridgehead atoms. The van der Waals surface area contributed by atoms with E-state index >= 15 is 0 Å². The normalized spacial score (nSPS) is 15.6. The number of rotatable bonds is 14. The maximum absolute atomic E-state index is 14.3. The highest BCUT2D eigenvalue weighted by molar-refractivity contribution is 5.89. The van der Waals surface area contributed by atoms with Gasteiger partial charge in [-0.25, -0.2) is 9.59 Å². The second-order valence-corrected chi connectivity index (χ2v) is 14.3. The van der Waals surface area contributed by atoms with Crippen LogP contribution in [0, 0.1) is 12.3 Å². The molecular formula is C40H48N6O5. The molecule has 2 aromatic heterocycles. The first-order valence-electron chi connectivity index (χ1n) is 17.4. The summed E-state index contributed by atoms with van der Waals surface area (Å²) < 4.78 is 0. The van der Waals surface area contributed by atoms with Gasteiger partial charge in [0.1, 0.15) is 6.04 Å². The zero-order valence-electron chi connectivity index (χ0n) is 29.7. The highest BCUT2D eigenvalue weighted by Gasteiger charge is 2.44. The zero-order valence-corrected chi connectivity index (χ0v) is 29.7. The minimum Gasteiger partial charge on any atom is -0.465 e. The first-order valence-corrected chi connectivity index (χ1v) is 17.4. The van der Waals surface area contributed by atoms with E-state index in [9.17, 15) is 24.6 Å². The Morgan fingerprint density at radius 1 is 0.843 bits per heavy atom. The molecule has 1 aliphatic rings. The molecule has 1 fully saturated rings. The lowest BCUT2D eigenvalue weighted by atomic mass is 9.84. The van der Waals surface area contributed by atoms with E-state index in [-0.39, 0.29) is 24.8 Å². The van der Waals surface area contributed by atoms with Crippen LogP contribution in [0.1, 0.15) is 49.7 Å². The first-order chi connectivity index (χ1) is 24.4. The van der Waals surface area contributed by atoms with Crippen molar-refractivity contribution in [3.63, 3.8) is 0 Å². The molecule has 0 unspecified atom stereocenters. The average molecular weight is 693 g/mol. The molecule has 3 heterocycles. The van der Waals surface area contributed by atoms with E-state index in [4.69, 9.17) is 0 Å². The Bertz CT molecular complexity index is 1760. The van der Waals surface area contributed by atoms with Crippen molar-refractivity contribution in [2.24, 2.45) is 5.41 Å². The standard InChI is InChI=1S/C40H48N6O5/c1-27-9-8-12-32(42-27)26-45-21-22-46(39(45)51)36(40(2,3)4)37(48)43-33(23-28-10-6-5-7-11-28)25-35(47)34(44-38(49)50)24-29-13-15-30(16-14-29)31-17-19-41-20-18-31/h5-20,33-36,44,47H,21-26H2,1-4H3,(H,43,48)(H,49,50)/t33-,34-,35-,36+/m0/s1. The fraction of sp³-hybridized carbons (Fsp3) is 0.375. The summed E-state index contributed by atoms with van der Waals surface area (Å²) in [6.45, 7) is 8.91. The van der Waals surface area contributed by atoms with E-state index < -0.39 is 35.7 Å². The number of amides is 4. The zero-order chi connectivity index (χ0) is 36.5. The summed E-state index contributed by atoms with van der Waals surface area (Å²) >= 11 is 0. The molecular weight excluding hydrogens is 644 g/mol. The minimum absolute atomic E-state index is 0.0800. The fourth-order valence-corrected chi connectivity index (χ4v) is 6.77. The molecule has 0 aliphatic carbocycles. The van der Waals surface area contributed by atoms with E-state index in [1.54, 1.807) is 22.2 Å². The number of nitrogens with one attached hydrogen (secondary N) is 2. The van der Waals surface area contributed by atoms with Crippen LogP contribution in [-0.4, -0.2) is 85.3 Å². The number of aliphatic hydroxyl groups excluding tert-OH is 1. The van der Waals surface area contributed by atoms with Gasteiger partial charge in [0.05, 0.1) is 24.4 Å². The van der Waals surface area contributed by atoms with Gasteiger partial charge in [0.25, 0.3) is 0 Å². The van der Waals surface area contributed by atoms with Crippen LogP contribution in [0.3, 0.4) is 0 Å². The van der Waals surface area contributed by atoms with E-state index in [0.29, 0.717) is 26.1 Å². The van der Waals surface area contributed by atoms with Gasteiger partial charge in [0.15, 0.2) is 0 Å². The molecule has 1 aliphatic heterocycles. The number of aliphatic hydroxyl groups is 1. The molecule has 5 rings (SSSR count). The van der Waals surface area contributed by atoms with Crippen LogP contribution in [0.2, 0.25) is 0 Å². The summed E-state index contributed by atoms with van der Waals surface area (Å²) in [7, 11) is 0. The van der Waals surface area contributed by atoms with Crippen molar-refractivity contribution < 1.29 is 24.6 Å². The molecule has 268 valence electrons. The Morgan fingerprint density at radius 2 is 1.51 bits per heavy atom. The lowest BCUT2D eigenvalue weighted by Gasteiger charge is -2.38. The summed E-state index contributed by atoms with van der Waals surface area (Å²) in [5.74, 6) is -0.325. The summed E-state index contributed by atoms with van der Waals surface area (Å²) in [6, 6.07) is 24.5. The molecule has 4 amide bonds. The Hall–Kier alpha value is -5.29. The Labute approximate surface area is 299 Å². The van der Waals surface area contributed by atoms with Gasteiger partial charge in [-0.2, -0.15) is 0 Å². The van der Waals surface area contributed by atoms with Crippen molar-refractivity contribution in [2.45, 2.75) is 77.7 Å². The number of carbonyl (C=O) groups is 3. The van der Waals surface area contributed by atoms with Gasteiger partial charge in [-0.3, -0.25) is 14.8 Å². The first kappa shape index (κ1) is 37.0. The van der Waals surface area contributed by atoms with E-state index in [0.717, 1.165) is 33.6 Å². The molecule has 4 N–H and O–H groups in total. The second-order valence-electron chi connectivity index (χ2n) is 14.3. The SMILES string of the molecule is Cc1cccc(CN2CCN([C@H](C(=O)N[C@@H](Cc3ccccc3)C[C@H](O)[C@H](Cc3ccc(-c4ccncc4)cc3)NC(=O)O)C(C)(C)C)C2=O)n1. The monoisotopic (exact) mass is 692 g/mol. The summed E-state index contributed by atoms with van der Waals surface area (Å²) in [5, 5.41) is 27.0. The van der Waals surface area contributed by atoms with Crippen molar-refractivity contribution >= 4 is 18.0 Å². The van der Waals surface area contributed by atoms with Gasteiger partial charge in [0, 0.05) is 37.2 Å². The number of nitrogens with zero attached hydrogens (tertiary/aromatic N) is 4. The number of aryl methyl sites for hydroxylation is 1. The highest BCUT2D eigenvalue weighted by Crippen LogP contribution is 2.29. The van der Waals surface area contributed by atoms with Gasteiger partial charge < -0.3 is 30.6 Å². The predicted molar refractivity (Wildman–Crippen MR) is 196 cm³/mol. The number of aromatic nitrogens is 2. The van der Waals surface area contributed by atoms with Crippen molar-refractivity contribution in [3.8, 4) is 11.1 Å². The van der Waals surface area contributed by atoms with Gasteiger partial charge in [0.2, 0.25) is 5.91 Å². The minimum atomic E-state index is -1.25. The number of benzene rings is 2. The topological polar surface area (TPSA) is 148 Å². The molecule has 4 atom stereocenters. The quantitative estimate of drug-likeness (QED) is 0.137. The number of carboxylic acid groups (broad SMARTS) is 1. The molecule has 0 radical (unpaired) electrons. The third-order valence-electron chi connectivity index (χ3n) is 9.20. The highest BCUT2D eigenvalue weighted by atomic mass is 16.4. The summed E-state index contributed by atoms with van der Waals surface area (Å²) in [6.07, 6.45) is 1.80. The maximum atomic E-state index is 14.3. The molecule has 0 spiro atoms. The van der Waals surface area contributed by atoms with E-state index in [1.165, 1.54) is 0 Å². The van der Waals surface area contributed by atoms with E-state index in [2.05, 4.69) is 20.6 Å². The smallest absolute Gasteiger partial charge is 0.404 e. The third kappa shape index (κ3) is 10.1. The fourth-order valence-electron chi connectivity index (χ4n) is 6.77.